The minimum Gasteiger partial charge on any atom is -0.512 e. The van der Waals surface area contributed by atoms with Crippen molar-refractivity contribution in [2.75, 3.05) is 0 Å². The van der Waals surface area contributed by atoms with Crippen LogP contribution in [0.1, 0.15) is 13.3 Å². The number of halogens is 1. The first-order valence-electron chi connectivity index (χ1n) is 3.12. The van der Waals surface area contributed by atoms with Crippen molar-refractivity contribution in [3.8, 4) is 0 Å². The first-order chi connectivity index (χ1) is 4.70. The standard InChI is InChI=1S/C8H9ClO/c1-6(10)7-3-2-4-8(9)5-7/h2,4-5,10H,3H2,1H3/b7-6-. The minimum atomic E-state index is 0.350. The molecule has 0 bridgehead atoms. The van der Waals surface area contributed by atoms with Crippen molar-refractivity contribution in [2.45, 2.75) is 13.3 Å². The Bertz CT molecular complexity index is 219. The summed E-state index contributed by atoms with van der Waals surface area (Å²) in [5.41, 5.74) is 0.896. The van der Waals surface area contributed by atoms with E-state index in [0.29, 0.717) is 10.8 Å². The highest BCUT2D eigenvalue weighted by Crippen LogP contribution is 2.19. The lowest BCUT2D eigenvalue weighted by Crippen LogP contribution is -1.87. The maximum absolute atomic E-state index is 9.04. The maximum Gasteiger partial charge on any atom is 0.0927 e. The Morgan fingerprint density at radius 3 is 2.80 bits per heavy atom. The molecule has 10 heavy (non-hydrogen) atoms. The van der Waals surface area contributed by atoms with Crippen molar-refractivity contribution in [1.82, 2.24) is 0 Å². The van der Waals surface area contributed by atoms with Crippen LogP contribution < -0.4 is 0 Å². The topological polar surface area (TPSA) is 20.2 Å². The van der Waals surface area contributed by atoms with Crippen LogP contribution in [0.4, 0.5) is 0 Å². The summed E-state index contributed by atoms with van der Waals surface area (Å²) in [6, 6.07) is 0. The molecule has 0 aliphatic heterocycles. The minimum absolute atomic E-state index is 0.350. The maximum atomic E-state index is 9.04. The third-order valence-electron chi connectivity index (χ3n) is 1.39. The van der Waals surface area contributed by atoms with E-state index >= 15 is 0 Å². The molecule has 0 amide bonds. The Morgan fingerprint density at radius 1 is 1.70 bits per heavy atom. The van der Waals surface area contributed by atoms with E-state index in [0.717, 1.165) is 12.0 Å². The summed E-state index contributed by atoms with van der Waals surface area (Å²) < 4.78 is 0. The summed E-state index contributed by atoms with van der Waals surface area (Å²) in [6.45, 7) is 1.66. The Kier molecular flexibility index (Phi) is 2.17. The summed E-state index contributed by atoms with van der Waals surface area (Å²) in [6.07, 6.45) is 6.31. The zero-order valence-corrected chi connectivity index (χ0v) is 6.52. The molecular formula is C8H9ClO. The molecule has 1 rings (SSSR count). The summed E-state index contributed by atoms with van der Waals surface area (Å²) in [5, 5.41) is 9.71. The van der Waals surface area contributed by atoms with E-state index in [1.807, 2.05) is 12.2 Å². The third kappa shape index (κ3) is 1.64. The molecule has 0 radical (unpaired) electrons. The fourth-order valence-electron chi connectivity index (χ4n) is 0.824. The van der Waals surface area contributed by atoms with Crippen LogP contribution in [0.15, 0.2) is 34.6 Å². The molecule has 0 aromatic rings. The molecule has 0 saturated carbocycles. The molecular weight excluding hydrogens is 148 g/mol. The molecule has 1 nitrogen and oxygen atoms in total. The molecule has 0 fully saturated rings. The fraction of sp³-hybridized carbons (Fsp3) is 0.250. The van der Waals surface area contributed by atoms with Gasteiger partial charge in [-0.15, -0.1) is 0 Å². The molecule has 1 aliphatic carbocycles. The largest absolute Gasteiger partial charge is 0.512 e. The summed E-state index contributed by atoms with van der Waals surface area (Å²) in [5.74, 6) is 0.350. The molecule has 0 aromatic heterocycles. The Balaban J connectivity index is 2.89. The van der Waals surface area contributed by atoms with Crippen molar-refractivity contribution in [3.63, 3.8) is 0 Å². The number of allylic oxidation sites excluding steroid dienone is 6. The van der Waals surface area contributed by atoms with Crippen LogP contribution in [-0.2, 0) is 0 Å². The molecule has 0 atom stereocenters. The quantitative estimate of drug-likeness (QED) is 0.535. The van der Waals surface area contributed by atoms with Gasteiger partial charge in [-0.25, -0.2) is 0 Å². The van der Waals surface area contributed by atoms with Crippen LogP contribution >= 0.6 is 11.6 Å². The molecule has 54 valence electrons. The van der Waals surface area contributed by atoms with E-state index < -0.39 is 0 Å². The second kappa shape index (κ2) is 2.93. The van der Waals surface area contributed by atoms with E-state index in [-0.39, 0.29) is 0 Å². The molecule has 0 spiro atoms. The van der Waals surface area contributed by atoms with Gasteiger partial charge in [0, 0.05) is 5.03 Å². The SMILES string of the molecule is C/C(O)=C1/C=C(Cl)C=CC1. The van der Waals surface area contributed by atoms with Crippen LogP contribution in [0.2, 0.25) is 0 Å². The first-order valence-corrected chi connectivity index (χ1v) is 3.50. The predicted octanol–water partition coefficient (Wildman–Crippen LogP) is 2.90. The molecule has 0 unspecified atom stereocenters. The number of aliphatic hydroxyl groups is 1. The van der Waals surface area contributed by atoms with Crippen LogP contribution in [0.3, 0.4) is 0 Å². The van der Waals surface area contributed by atoms with E-state index in [1.165, 1.54) is 0 Å². The fourth-order valence-corrected chi connectivity index (χ4v) is 1.04. The summed E-state index contributed by atoms with van der Waals surface area (Å²) >= 11 is 5.68. The van der Waals surface area contributed by atoms with Gasteiger partial charge in [0.25, 0.3) is 0 Å². The van der Waals surface area contributed by atoms with Crippen LogP contribution in [0, 0.1) is 0 Å². The van der Waals surface area contributed by atoms with Crippen molar-refractivity contribution < 1.29 is 5.11 Å². The Morgan fingerprint density at radius 2 is 2.40 bits per heavy atom. The lowest BCUT2D eigenvalue weighted by atomic mass is 10.1. The van der Waals surface area contributed by atoms with E-state index in [9.17, 15) is 0 Å². The van der Waals surface area contributed by atoms with Gasteiger partial charge in [0.1, 0.15) is 0 Å². The van der Waals surface area contributed by atoms with Gasteiger partial charge in [0.15, 0.2) is 0 Å². The first kappa shape index (κ1) is 7.42. The summed E-state index contributed by atoms with van der Waals surface area (Å²) in [4.78, 5) is 0. The van der Waals surface area contributed by atoms with Crippen LogP contribution in [-0.4, -0.2) is 5.11 Å². The zero-order valence-electron chi connectivity index (χ0n) is 5.76. The number of rotatable bonds is 0. The normalized spacial score (nSPS) is 22.4. The third-order valence-corrected chi connectivity index (χ3v) is 1.63. The number of aliphatic hydroxyl groups excluding tert-OH is 1. The van der Waals surface area contributed by atoms with Gasteiger partial charge in [-0.2, -0.15) is 0 Å². The Hall–Kier alpha value is -0.690. The van der Waals surface area contributed by atoms with Gasteiger partial charge in [-0.05, 0) is 31.1 Å². The molecule has 0 heterocycles. The number of hydrogen-bond donors (Lipinski definition) is 1. The molecule has 1 aliphatic rings. The van der Waals surface area contributed by atoms with Crippen molar-refractivity contribution in [3.05, 3.63) is 34.6 Å². The lowest BCUT2D eigenvalue weighted by Gasteiger charge is -2.04. The lowest BCUT2D eigenvalue weighted by molar-refractivity contribution is 0.408. The van der Waals surface area contributed by atoms with Crippen LogP contribution in [0.25, 0.3) is 0 Å². The molecule has 0 saturated heterocycles. The average Bonchev–Trinajstić information content (AvgIpc) is 1.88. The van der Waals surface area contributed by atoms with Gasteiger partial charge in [0.05, 0.1) is 5.76 Å². The van der Waals surface area contributed by atoms with Gasteiger partial charge >= 0.3 is 0 Å². The second-order valence-electron chi connectivity index (χ2n) is 2.25. The Labute approximate surface area is 65.3 Å². The van der Waals surface area contributed by atoms with Gasteiger partial charge < -0.3 is 5.11 Å². The van der Waals surface area contributed by atoms with E-state index in [1.54, 1.807) is 13.0 Å². The average molecular weight is 157 g/mol. The smallest absolute Gasteiger partial charge is 0.0927 e. The van der Waals surface area contributed by atoms with Gasteiger partial charge in [0.2, 0.25) is 0 Å². The summed E-state index contributed by atoms with van der Waals surface area (Å²) in [7, 11) is 0. The van der Waals surface area contributed by atoms with E-state index in [4.69, 9.17) is 16.7 Å². The number of hydrogen-bond acceptors (Lipinski definition) is 1. The highest BCUT2D eigenvalue weighted by molar-refractivity contribution is 6.31. The highest BCUT2D eigenvalue weighted by atomic mass is 35.5. The highest BCUT2D eigenvalue weighted by Gasteiger charge is 2.01. The van der Waals surface area contributed by atoms with Crippen molar-refractivity contribution in [1.29, 1.82) is 0 Å². The van der Waals surface area contributed by atoms with Crippen LogP contribution in [0.5, 0.6) is 0 Å². The monoisotopic (exact) mass is 156 g/mol. The van der Waals surface area contributed by atoms with Crippen molar-refractivity contribution in [2.24, 2.45) is 0 Å². The zero-order chi connectivity index (χ0) is 7.56. The van der Waals surface area contributed by atoms with Gasteiger partial charge in [-0.1, -0.05) is 17.7 Å². The predicted molar refractivity (Wildman–Crippen MR) is 43.0 cm³/mol. The molecule has 2 heteroatoms. The van der Waals surface area contributed by atoms with Crippen molar-refractivity contribution >= 4 is 11.6 Å². The molecule has 1 N–H and O–H groups in total. The van der Waals surface area contributed by atoms with E-state index in [2.05, 4.69) is 0 Å². The molecule has 0 aromatic carbocycles. The van der Waals surface area contributed by atoms with Gasteiger partial charge in [-0.3, -0.25) is 0 Å². The second-order valence-corrected chi connectivity index (χ2v) is 2.68.